The first-order valence-corrected chi connectivity index (χ1v) is 7.17. The van der Waals surface area contributed by atoms with Gasteiger partial charge < -0.3 is 15.6 Å². The summed E-state index contributed by atoms with van der Waals surface area (Å²) in [7, 11) is 0. The molecule has 1 amide bonds. The minimum Gasteiger partial charge on any atom is -0.507 e. The predicted octanol–water partition coefficient (Wildman–Crippen LogP) is 1.40. The number of hydrogen-bond acceptors (Lipinski definition) is 6. The van der Waals surface area contributed by atoms with Crippen molar-refractivity contribution in [2.45, 2.75) is 19.3 Å². The summed E-state index contributed by atoms with van der Waals surface area (Å²) in [6.07, 6.45) is 1.23. The normalized spacial score (nSPS) is 11.4. The summed E-state index contributed by atoms with van der Waals surface area (Å²) in [6, 6.07) is 5.07. The zero-order chi connectivity index (χ0) is 15.7. The molecule has 0 aliphatic heterocycles. The standard InChI is InChI=1S/C13H18BrN3O4/c14-11-7-9(3-4-12(11)18)6-10(16-20)8-15-5-1-2-13(19)17-21/h3-4,7,15,18,20-21H,1-2,5-6,8H2,(H,17,19). The summed E-state index contributed by atoms with van der Waals surface area (Å²) in [5.74, 6) is -0.275. The number of benzene rings is 1. The van der Waals surface area contributed by atoms with Gasteiger partial charge in [0.2, 0.25) is 5.91 Å². The molecule has 0 unspecified atom stereocenters. The first-order valence-electron chi connectivity index (χ1n) is 6.37. The molecule has 1 aromatic carbocycles. The highest BCUT2D eigenvalue weighted by atomic mass is 79.9. The second kappa shape index (κ2) is 9.32. The largest absolute Gasteiger partial charge is 0.507 e. The number of aromatic hydroxyl groups is 1. The molecule has 1 rings (SSSR count). The number of nitrogens with zero attached hydrogens (tertiary/aromatic N) is 1. The molecule has 0 aromatic heterocycles. The van der Waals surface area contributed by atoms with Gasteiger partial charge in [-0.3, -0.25) is 10.0 Å². The van der Waals surface area contributed by atoms with Crippen LogP contribution in [0.25, 0.3) is 0 Å². The average molecular weight is 360 g/mol. The Morgan fingerprint density at radius 1 is 1.38 bits per heavy atom. The monoisotopic (exact) mass is 359 g/mol. The maximum Gasteiger partial charge on any atom is 0.243 e. The molecule has 0 heterocycles. The van der Waals surface area contributed by atoms with Crippen molar-refractivity contribution in [2.75, 3.05) is 13.1 Å². The molecule has 21 heavy (non-hydrogen) atoms. The quantitative estimate of drug-likeness (QED) is 0.158. The van der Waals surface area contributed by atoms with Gasteiger partial charge in [-0.25, -0.2) is 5.48 Å². The Kier molecular flexibility index (Phi) is 7.73. The van der Waals surface area contributed by atoms with E-state index in [0.717, 1.165) is 5.56 Å². The van der Waals surface area contributed by atoms with E-state index in [0.29, 0.717) is 36.1 Å². The minimum atomic E-state index is -0.429. The fourth-order valence-corrected chi connectivity index (χ4v) is 2.12. The smallest absolute Gasteiger partial charge is 0.243 e. The van der Waals surface area contributed by atoms with Gasteiger partial charge in [0.1, 0.15) is 5.75 Å². The van der Waals surface area contributed by atoms with E-state index in [9.17, 15) is 9.90 Å². The number of hydroxylamine groups is 1. The summed E-state index contributed by atoms with van der Waals surface area (Å²) in [5.41, 5.74) is 3.00. The molecule has 0 saturated heterocycles. The van der Waals surface area contributed by atoms with Crippen molar-refractivity contribution in [3.05, 3.63) is 28.2 Å². The van der Waals surface area contributed by atoms with Gasteiger partial charge >= 0.3 is 0 Å². The van der Waals surface area contributed by atoms with Crippen LogP contribution in [0.15, 0.2) is 27.8 Å². The van der Waals surface area contributed by atoms with Crippen molar-refractivity contribution in [3.63, 3.8) is 0 Å². The summed E-state index contributed by atoms with van der Waals surface area (Å²) < 4.78 is 0.584. The number of halogens is 1. The molecule has 8 heteroatoms. The fourth-order valence-electron chi connectivity index (χ4n) is 1.69. The highest BCUT2D eigenvalue weighted by Gasteiger charge is 2.05. The lowest BCUT2D eigenvalue weighted by atomic mass is 10.1. The molecule has 116 valence electrons. The third kappa shape index (κ3) is 6.56. The van der Waals surface area contributed by atoms with E-state index in [1.54, 1.807) is 23.7 Å². The van der Waals surface area contributed by atoms with Crippen molar-refractivity contribution in [1.82, 2.24) is 10.8 Å². The zero-order valence-electron chi connectivity index (χ0n) is 11.3. The average Bonchev–Trinajstić information content (AvgIpc) is 2.49. The SMILES string of the molecule is O=C(CCCNCC(Cc1ccc(O)c(Br)c1)=NO)NO. The summed E-state index contributed by atoms with van der Waals surface area (Å²) in [6.45, 7) is 0.946. The maximum absolute atomic E-state index is 10.8. The van der Waals surface area contributed by atoms with Crippen LogP contribution in [0.5, 0.6) is 5.75 Å². The van der Waals surface area contributed by atoms with Crippen molar-refractivity contribution in [3.8, 4) is 5.75 Å². The van der Waals surface area contributed by atoms with Gasteiger partial charge in [0.05, 0.1) is 10.2 Å². The van der Waals surface area contributed by atoms with E-state index < -0.39 is 5.91 Å². The molecule has 0 radical (unpaired) electrons. The van der Waals surface area contributed by atoms with Crippen LogP contribution >= 0.6 is 15.9 Å². The Morgan fingerprint density at radius 2 is 2.14 bits per heavy atom. The van der Waals surface area contributed by atoms with Crippen LogP contribution in [0.1, 0.15) is 18.4 Å². The van der Waals surface area contributed by atoms with Gasteiger partial charge in [0.15, 0.2) is 0 Å². The Balaban J connectivity index is 2.35. The van der Waals surface area contributed by atoms with Crippen LogP contribution in [-0.2, 0) is 11.2 Å². The molecule has 0 atom stereocenters. The highest BCUT2D eigenvalue weighted by Crippen LogP contribution is 2.24. The number of phenols is 1. The molecular weight excluding hydrogens is 342 g/mol. The lowest BCUT2D eigenvalue weighted by Crippen LogP contribution is -2.27. The third-order valence-corrected chi connectivity index (χ3v) is 3.41. The number of phenolic OH excluding ortho intramolecular Hbond substituents is 1. The van der Waals surface area contributed by atoms with E-state index in [-0.39, 0.29) is 12.2 Å². The van der Waals surface area contributed by atoms with Crippen LogP contribution in [0, 0.1) is 0 Å². The zero-order valence-corrected chi connectivity index (χ0v) is 12.9. The Hall–Kier alpha value is -1.64. The molecule has 0 saturated carbocycles. The van der Waals surface area contributed by atoms with Gasteiger partial charge in [0, 0.05) is 19.4 Å². The number of amides is 1. The van der Waals surface area contributed by atoms with Gasteiger partial charge in [0.25, 0.3) is 0 Å². The lowest BCUT2D eigenvalue weighted by Gasteiger charge is -2.07. The number of carbonyl (C=O) groups excluding carboxylic acids is 1. The van der Waals surface area contributed by atoms with E-state index in [2.05, 4.69) is 26.4 Å². The van der Waals surface area contributed by atoms with Crippen molar-refractivity contribution >= 4 is 27.5 Å². The van der Waals surface area contributed by atoms with Crippen LogP contribution in [-0.4, -0.2) is 40.2 Å². The number of hydrogen-bond donors (Lipinski definition) is 5. The number of oxime groups is 1. The van der Waals surface area contributed by atoms with Gasteiger partial charge in [-0.05, 0) is 46.6 Å². The van der Waals surface area contributed by atoms with Crippen LogP contribution in [0.3, 0.4) is 0 Å². The Labute approximate surface area is 130 Å². The number of nitrogens with one attached hydrogen (secondary N) is 2. The molecule has 0 spiro atoms. The predicted molar refractivity (Wildman–Crippen MR) is 80.8 cm³/mol. The molecule has 0 aliphatic rings. The van der Waals surface area contributed by atoms with Gasteiger partial charge in [-0.2, -0.15) is 0 Å². The van der Waals surface area contributed by atoms with Crippen molar-refractivity contribution < 1.29 is 20.3 Å². The van der Waals surface area contributed by atoms with Gasteiger partial charge in [-0.15, -0.1) is 0 Å². The molecular formula is C13H18BrN3O4. The number of rotatable bonds is 8. The first-order chi connectivity index (χ1) is 10.1. The second-order valence-electron chi connectivity index (χ2n) is 4.44. The molecule has 0 aliphatic carbocycles. The van der Waals surface area contributed by atoms with E-state index in [1.807, 2.05) is 0 Å². The molecule has 1 aromatic rings. The molecule has 5 N–H and O–H groups in total. The molecule has 0 fully saturated rings. The van der Waals surface area contributed by atoms with Crippen LogP contribution in [0.4, 0.5) is 0 Å². The third-order valence-electron chi connectivity index (χ3n) is 2.77. The molecule has 0 bridgehead atoms. The Bertz CT molecular complexity index is 508. The molecule has 7 nitrogen and oxygen atoms in total. The fraction of sp³-hybridized carbons (Fsp3) is 0.385. The Morgan fingerprint density at radius 3 is 2.76 bits per heavy atom. The summed E-state index contributed by atoms with van der Waals surface area (Å²) in [5, 5.41) is 33.0. The van der Waals surface area contributed by atoms with Crippen LogP contribution < -0.4 is 10.8 Å². The second-order valence-corrected chi connectivity index (χ2v) is 5.30. The van der Waals surface area contributed by atoms with Crippen LogP contribution in [0.2, 0.25) is 0 Å². The van der Waals surface area contributed by atoms with E-state index >= 15 is 0 Å². The summed E-state index contributed by atoms with van der Waals surface area (Å²) in [4.78, 5) is 10.8. The van der Waals surface area contributed by atoms with Crippen molar-refractivity contribution in [1.29, 1.82) is 0 Å². The maximum atomic E-state index is 10.8. The van der Waals surface area contributed by atoms with E-state index in [4.69, 9.17) is 10.4 Å². The summed E-state index contributed by atoms with van der Waals surface area (Å²) >= 11 is 3.23. The minimum absolute atomic E-state index is 0.154. The topological polar surface area (TPSA) is 114 Å². The van der Waals surface area contributed by atoms with Gasteiger partial charge in [-0.1, -0.05) is 11.2 Å². The van der Waals surface area contributed by atoms with E-state index in [1.165, 1.54) is 0 Å². The lowest BCUT2D eigenvalue weighted by molar-refractivity contribution is -0.129. The highest BCUT2D eigenvalue weighted by molar-refractivity contribution is 9.10. The first kappa shape index (κ1) is 17.4. The van der Waals surface area contributed by atoms with Crippen molar-refractivity contribution in [2.24, 2.45) is 5.16 Å². The number of carbonyl (C=O) groups is 1.